The molecular formula is C16H20BrFN2S. The highest BCUT2D eigenvalue weighted by Gasteiger charge is 2.09. The average molecular weight is 371 g/mol. The molecule has 0 amide bonds. The summed E-state index contributed by atoms with van der Waals surface area (Å²) in [5, 5.41) is 5.34. The molecular weight excluding hydrogens is 351 g/mol. The summed E-state index contributed by atoms with van der Waals surface area (Å²) < 4.78 is 15.0. The maximum Gasteiger partial charge on any atom is 0.127 e. The van der Waals surface area contributed by atoms with Crippen molar-refractivity contribution in [3.8, 4) is 0 Å². The summed E-state index contributed by atoms with van der Waals surface area (Å²) >= 11 is 5.17. The minimum absolute atomic E-state index is 0.130. The molecule has 0 fully saturated rings. The zero-order valence-corrected chi connectivity index (χ0v) is 14.7. The van der Waals surface area contributed by atoms with Crippen LogP contribution in [0.1, 0.15) is 22.9 Å². The molecule has 2 nitrogen and oxygen atoms in total. The summed E-state index contributed by atoms with van der Waals surface area (Å²) in [5.41, 5.74) is 1.88. The second-order valence-corrected chi connectivity index (χ2v) is 7.02. The minimum atomic E-state index is -0.130. The van der Waals surface area contributed by atoms with Gasteiger partial charge >= 0.3 is 0 Å². The van der Waals surface area contributed by atoms with Crippen LogP contribution in [-0.4, -0.2) is 18.5 Å². The highest BCUT2D eigenvalue weighted by Crippen LogP contribution is 2.22. The number of benzene rings is 1. The number of thiophene rings is 1. The Morgan fingerprint density at radius 1 is 1.29 bits per heavy atom. The van der Waals surface area contributed by atoms with Gasteiger partial charge in [0.05, 0.1) is 0 Å². The third-order valence-corrected chi connectivity index (χ3v) is 4.86. The average Bonchev–Trinajstić information content (AvgIpc) is 2.84. The van der Waals surface area contributed by atoms with Gasteiger partial charge in [0.15, 0.2) is 0 Å². The predicted molar refractivity (Wildman–Crippen MR) is 91.0 cm³/mol. The molecule has 0 aliphatic carbocycles. The van der Waals surface area contributed by atoms with E-state index in [2.05, 4.69) is 44.5 Å². The van der Waals surface area contributed by atoms with Gasteiger partial charge in [0, 0.05) is 39.9 Å². The van der Waals surface area contributed by atoms with Crippen LogP contribution in [0.25, 0.3) is 0 Å². The SMILES string of the molecule is CCNCc1ccc(F)c(CN(C)Cc2cc(Br)cs2)c1. The van der Waals surface area contributed by atoms with E-state index in [1.807, 2.05) is 19.2 Å². The van der Waals surface area contributed by atoms with Crippen LogP contribution in [0, 0.1) is 5.82 Å². The molecule has 1 N–H and O–H groups in total. The van der Waals surface area contributed by atoms with Gasteiger partial charge in [-0.1, -0.05) is 19.1 Å². The van der Waals surface area contributed by atoms with Gasteiger partial charge in [0.1, 0.15) is 5.82 Å². The maximum absolute atomic E-state index is 13.9. The Labute approximate surface area is 138 Å². The van der Waals surface area contributed by atoms with E-state index in [0.29, 0.717) is 6.54 Å². The van der Waals surface area contributed by atoms with Crippen molar-refractivity contribution in [3.05, 3.63) is 55.9 Å². The van der Waals surface area contributed by atoms with Gasteiger partial charge in [0.25, 0.3) is 0 Å². The molecule has 2 aromatic rings. The summed E-state index contributed by atoms with van der Waals surface area (Å²) in [5.74, 6) is -0.130. The van der Waals surface area contributed by atoms with Gasteiger partial charge in [-0.05, 0) is 47.2 Å². The van der Waals surface area contributed by atoms with Gasteiger partial charge in [0.2, 0.25) is 0 Å². The molecule has 1 heterocycles. The molecule has 1 aromatic carbocycles. The van der Waals surface area contributed by atoms with E-state index >= 15 is 0 Å². The number of nitrogens with zero attached hydrogens (tertiary/aromatic N) is 1. The van der Waals surface area contributed by atoms with E-state index in [1.54, 1.807) is 17.4 Å². The number of hydrogen-bond donors (Lipinski definition) is 1. The molecule has 114 valence electrons. The van der Waals surface area contributed by atoms with E-state index in [9.17, 15) is 4.39 Å². The van der Waals surface area contributed by atoms with E-state index in [0.717, 1.165) is 35.2 Å². The Morgan fingerprint density at radius 3 is 2.76 bits per heavy atom. The van der Waals surface area contributed by atoms with Crippen molar-refractivity contribution in [2.45, 2.75) is 26.6 Å². The van der Waals surface area contributed by atoms with Crippen LogP contribution in [0.15, 0.2) is 34.1 Å². The van der Waals surface area contributed by atoms with Crippen LogP contribution in [0.2, 0.25) is 0 Å². The molecule has 1 aromatic heterocycles. The Bertz CT molecular complexity index is 585. The van der Waals surface area contributed by atoms with Gasteiger partial charge in [-0.2, -0.15) is 0 Å². The first-order valence-electron chi connectivity index (χ1n) is 6.98. The molecule has 0 saturated heterocycles. The van der Waals surface area contributed by atoms with E-state index < -0.39 is 0 Å². The Kier molecular flexibility index (Phi) is 6.36. The monoisotopic (exact) mass is 370 g/mol. The van der Waals surface area contributed by atoms with Crippen molar-refractivity contribution in [2.75, 3.05) is 13.6 Å². The van der Waals surface area contributed by atoms with Crippen molar-refractivity contribution in [1.82, 2.24) is 10.2 Å². The number of nitrogens with one attached hydrogen (secondary N) is 1. The van der Waals surface area contributed by atoms with Crippen LogP contribution in [0.3, 0.4) is 0 Å². The van der Waals surface area contributed by atoms with E-state index in [1.165, 1.54) is 4.88 Å². The summed E-state index contributed by atoms with van der Waals surface area (Å²) in [6, 6.07) is 7.48. The Morgan fingerprint density at radius 2 is 2.10 bits per heavy atom. The lowest BCUT2D eigenvalue weighted by Crippen LogP contribution is -2.18. The van der Waals surface area contributed by atoms with Crippen LogP contribution in [0.4, 0.5) is 4.39 Å². The third-order valence-electron chi connectivity index (χ3n) is 3.18. The Balaban J connectivity index is 2.00. The van der Waals surface area contributed by atoms with Crippen molar-refractivity contribution in [1.29, 1.82) is 0 Å². The summed E-state index contributed by atoms with van der Waals surface area (Å²) in [4.78, 5) is 3.40. The molecule has 0 unspecified atom stereocenters. The first kappa shape index (κ1) is 16.6. The lowest BCUT2D eigenvalue weighted by atomic mass is 10.1. The molecule has 0 aliphatic heterocycles. The molecule has 0 bridgehead atoms. The fourth-order valence-corrected chi connectivity index (χ4v) is 3.71. The zero-order chi connectivity index (χ0) is 15.2. The molecule has 0 saturated carbocycles. The van der Waals surface area contributed by atoms with Gasteiger partial charge < -0.3 is 5.32 Å². The summed E-state index contributed by atoms with van der Waals surface area (Å²) in [6.07, 6.45) is 0. The zero-order valence-electron chi connectivity index (χ0n) is 12.3. The maximum atomic E-state index is 13.9. The van der Waals surface area contributed by atoms with Crippen LogP contribution < -0.4 is 5.32 Å². The standard InChI is InChI=1S/C16H20BrFN2S/c1-3-19-8-12-4-5-16(18)13(6-12)9-20(2)10-15-7-14(17)11-21-15/h4-7,11,19H,3,8-10H2,1-2H3. The quantitative estimate of drug-likeness (QED) is 0.777. The molecule has 0 aliphatic rings. The highest BCUT2D eigenvalue weighted by molar-refractivity contribution is 9.10. The number of hydrogen-bond acceptors (Lipinski definition) is 3. The fraction of sp³-hybridized carbons (Fsp3) is 0.375. The highest BCUT2D eigenvalue weighted by atomic mass is 79.9. The van der Waals surface area contributed by atoms with E-state index in [4.69, 9.17) is 0 Å². The lowest BCUT2D eigenvalue weighted by molar-refractivity contribution is 0.316. The predicted octanol–water partition coefficient (Wildman–Crippen LogP) is 4.39. The number of rotatable bonds is 7. The second-order valence-electron chi connectivity index (χ2n) is 5.11. The minimum Gasteiger partial charge on any atom is -0.313 e. The Hall–Kier alpha value is -0.750. The molecule has 0 atom stereocenters. The topological polar surface area (TPSA) is 15.3 Å². The van der Waals surface area contributed by atoms with Crippen LogP contribution in [0.5, 0.6) is 0 Å². The molecule has 0 radical (unpaired) electrons. The summed E-state index contributed by atoms with van der Waals surface area (Å²) in [6.45, 7) is 5.21. The van der Waals surface area contributed by atoms with Crippen molar-refractivity contribution < 1.29 is 4.39 Å². The van der Waals surface area contributed by atoms with Gasteiger partial charge in [-0.25, -0.2) is 4.39 Å². The molecule has 2 rings (SSSR count). The third kappa shape index (κ3) is 5.18. The molecule has 0 spiro atoms. The van der Waals surface area contributed by atoms with Crippen molar-refractivity contribution in [2.24, 2.45) is 0 Å². The van der Waals surface area contributed by atoms with Gasteiger partial charge in [-0.3, -0.25) is 4.90 Å². The van der Waals surface area contributed by atoms with Gasteiger partial charge in [-0.15, -0.1) is 11.3 Å². The lowest BCUT2D eigenvalue weighted by Gasteiger charge is -2.17. The van der Waals surface area contributed by atoms with Crippen molar-refractivity contribution in [3.63, 3.8) is 0 Å². The van der Waals surface area contributed by atoms with E-state index in [-0.39, 0.29) is 5.82 Å². The number of halogens is 2. The second kappa shape index (κ2) is 8.03. The first-order valence-corrected chi connectivity index (χ1v) is 8.65. The van der Waals surface area contributed by atoms with Crippen LogP contribution >= 0.6 is 27.3 Å². The first-order chi connectivity index (χ1) is 10.1. The summed E-state index contributed by atoms with van der Waals surface area (Å²) in [7, 11) is 2.02. The normalized spacial score (nSPS) is 11.3. The molecule has 21 heavy (non-hydrogen) atoms. The molecule has 5 heteroatoms. The van der Waals surface area contributed by atoms with Crippen LogP contribution in [-0.2, 0) is 19.6 Å². The van der Waals surface area contributed by atoms with Crippen molar-refractivity contribution >= 4 is 27.3 Å². The largest absolute Gasteiger partial charge is 0.313 e. The fourth-order valence-electron chi connectivity index (χ4n) is 2.18. The smallest absolute Gasteiger partial charge is 0.127 e.